The molecule has 0 unspecified atom stereocenters. The number of aryl methyl sites for hydroxylation is 2. The van der Waals surface area contributed by atoms with Crippen molar-refractivity contribution in [3.05, 3.63) is 17.5 Å². The van der Waals surface area contributed by atoms with Gasteiger partial charge in [0.1, 0.15) is 0 Å². The van der Waals surface area contributed by atoms with Gasteiger partial charge >= 0.3 is 5.97 Å². The average Bonchev–Trinajstić information content (AvgIpc) is 2.44. The van der Waals surface area contributed by atoms with E-state index in [1.54, 1.807) is 11.6 Å². The van der Waals surface area contributed by atoms with Crippen molar-refractivity contribution in [3.63, 3.8) is 0 Å². The molecule has 0 radical (unpaired) electrons. The zero-order valence-corrected chi connectivity index (χ0v) is 11.4. The van der Waals surface area contributed by atoms with Crippen LogP contribution in [0.1, 0.15) is 22.5 Å². The highest BCUT2D eigenvalue weighted by atomic mass is 28.3. The molecule has 0 aliphatic heterocycles. The molecule has 1 aromatic heterocycles. The van der Waals surface area contributed by atoms with Crippen molar-refractivity contribution in [1.29, 1.82) is 0 Å². The van der Waals surface area contributed by atoms with Crippen LogP contribution in [0.3, 0.4) is 0 Å². The predicted molar refractivity (Wildman–Crippen MR) is 66.7 cm³/mol. The first-order valence-corrected chi connectivity index (χ1v) is 9.28. The maximum atomic E-state index is 10.8. The first-order valence-electron chi connectivity index (χ1n) is 5.57. The van der Waals surface area contributed by atoms with Crippen molar-refractivity contribution in [1.82, 2.24) is 9.78 Å². The summed E-state index contributed by atoms with van der Waals surface area (Å²) in [4.78, 5) is 10.8. The first-order chi connectivity index (χ1) is 7.29. The summed E-state index contributed by atoms with van der Waals surface area (Å²) in [5.41, 5.74) is 0.911. The maximum absolute atomic E-state index is 10.8. The molecule has 1 rings (SSSR count). The molecule has 5 heteroatoms. The van der Waals surface area contributed by atoms with E-state index in [0.29, 0.717) is 0 Å². The largest absolute Gasteiger partial charge is 0.476 e. The summed E-state index contributed by atoms with van der Waals surface area (Å²) < 4.78 is 1.75. The minimum Gasteiger partial charge on any atom is -0.476 e. The number of nitrogens with zero attached hydrogens (tertiary/aromatic N) is 2. The lowest BCUT2D eigenvalue weighted by Gasteiger charge is -2.14. The average molecular weight is 240 g/mol. The lowest BCUT2D eigenvalue weighted by atomic mass is 10.3. The van der Waals surface area contributed by atoms with Crippen molar-refractivity contribution >= 4 is 14.0 Å². The highest BCUT2D eigenvalue weighted by molar-refractivity contribution is 6.76. The van der Waals surface area contributed by atoms with Crippen LogP contribution in [0.25, 0.3) is 0 Å². The lowest BCUT2D eigenvalue weighted by molar-refractivity contribution is 0.0688. The Labute approximate surface area is 97.3 Å². The molecule has 0 spiro atoms. The monoisotopic (exact) mass is 240 g/mol. The molecule has 0 saturated heterocycles. The highest BCUT2D eigenvalue weighted by Crippen LogP contribution is 2.12. The summed E-state index contributed by atoms with van der Waals surface area (Å²) in [5, 5.41) is 12.9. The second-order valence-corrected chi connectivity index (χ2v) is 11.0. The number of carbonyl (C=O) groups is 1. The lowest BCUT2D eigenvalue weighted by Crippen LogP contribution is -2.19. The van der Waals surface area contributed by atoms with Gasteiger partial charge in [-0.1, -0.05) is 25.7 Å². The molecule has 0 aliphatic carbocycles. The quantitative estimate of drug-likeness (QED) is 0.805. The number of hydrogen-bond acceptors (Lipinski definition) is 2. The van der Waals surface area contributed by atoms with Gasteiger partial charge in [-0.2, -0.15) is 5.10 Å². The fourth-order valence-corrected chi connectivity index (χ4v) is 2.84. The Hall–Kier alpha value is -1.10. The van der Waals surface area contributed by atoms with E-state index in [0.717, 1.165) is 18.5 Å². The van der Waals surface area contributed by atoms with Gasteiger partial charge in [0.05, 0.1) is 0 Å². The zero-order chi connectivity index (χ0) is 12.3. The predicted octanol–water partition coefficient (Wildman–Crippen LogP) is 2.62. The van der Waals surface area contributed by atoms with Gasteiger partial charge in [-0.25, -0.2) is 4.79 Å². The van der Waals surface area contributed by atoms with E-state index in [9.17, 15) is 4.79 Å². The fourth-order valence-electron chi connectivity index (χ4n) is 1.62. The third-order valence-electron chi connectivity index (χ3n) is 2.46. The third-order valence-corrected chi connectivity index (χ3v) is 4.31. The summed E-state index contributed by atoms with van der Waals surface area (Å²) in [5.74, 6) is -0.943. The minimum absolute atomic E-state index is 0.174. The second-order valence-electron chi connectivity index (χ2n) is 5.39. The van der Waals surface area contributed by atoms with E-state index >= 15 is 0 Å². The van der Waals surface area contributed by atoms with Gasteiger partial charge in [0.25, 0.3) is 0 Å². The molecule has 0 aromatic carbocycles. The molecule has 0 aliphatic rings. The van der Waals surface area contributed by atoms with E-state index in [2.05, 4.69) is 24.7 Å². The summed E-state index contributed by atoms with van der Waals surface area (Å²) in [6.45, 7) is 9.61. The van der Waals surface area contributed by atoms with Crippen molar-refractivity contribution in [3.8, 4) is 0 Å². The molecule has 4 nitrogen and oxygen atoms in total. The number of carboxylic acids is 1. The van der Waals surface area contributed by atoms with Crippen molar-refractivity contribution in [2.45, 2.75) is 45.6 Å². The van der Waals surface area contributed by atoms with Crippen molar-refractivity contribution in [2.75, 3.05) is 0 Å². The normalized spacial score (nSPS) is 11.8. The van der Waals surface area contributed by atoms with Crippen LogP contribution in [0.15, 0.2) is 6.20 Å². The summed E-state index contributed by atoms with van der Waals surface area (Å²) >= 11 is 0. The number of aromatic carboxylic acids is 1. The molecule has 0 saturated carbocycles. The van der Waals surface area contributed by atoms with Crippen LogP contribution in [-0.4, -0.2) is 28.9 Å². The summed E-state index contributed by atoms with van der Waals surface area (Å²) in [7, 11) is -0.997. The van der Waals surface area contributed by atoms with E-state index in [1.165, 1.54) is 6.04 Å². The molecular weight excluding hydrogens is 220 g/mol. The van der Waals surface area contributed by atoms with Crippen LogP contribution in [-0.2, 0) is 6.54 Å². The minimum atomic E-state index is -0.997. The molecule has 1 heterocycles. The van der Waals surface area contributed by atoms with Crippen LogP contribution in [0.2, 0.25) is 25.7 Å². The zero-order valence-electron chi connectivity index (χ0n) is 10.4. The Balaban J connectivity index is 2.56. The SMILES string of the molecule is Cc1cn(CCC[Si](C)(C)C)nc1C(=O)O. The third kappa shape index (κ3) is 3.81. The molecule has 16 heavy (non-hydrogen) atoms. The van der Waals surface area contributed by atoms with Gasteiger partial charge in [-0.05, 0) is 13.3 Å². The molecular formula is C11H20N2O2Si. The van der Waals surface area contributed by atoms with Gasteiger partial charge in [-0.3, -0.25) is 4.68 Å². The summed E-state index contributed by atoms with van der Waals surface area (Å²) in [6, 6.07) is 1.24. The molecule has 1 aromatic rings. The molecule has 0 bridgehead atoms. The number of carboxylic acid groups (broad SMARTS) is 1. The van der Waals surface area contributed by atoms with Crippen LogP contribution < -0.4 is 0 Å². The second kappa shape index (κ2) is 4.82. The van der Waals surface area contributed by atoms with Crippen LogP contribution in [0, 0.1) is 6.92 Å². The number of aromatic nitrogens is 2. The van der Waals surface area contributed by atoms with Gasteiger partial charge in [0, 0.05) is 26.4 Å². The summed E-state index contributed by atoms with van der Waals surface area (Å²) in [6.07, 6.45) is 2.89. The Bertz CT molecular complexity index is 380. The number of hydrogen-bond donors (Lipinski definition) is 1. The van der Waals surface area contributed by atoms with E-state index in [-0.39, 0.29) is 5.69 Å². The molecule has 0 fully saturated rings. The smallest absolute Gasteiger partial charge is 0.356 e. The van der Waals surface area contributed by atoms with Crippen molar-refractivity contribution < 1.29 is 9.90 Å². The highest BCUT2D eigenvalue weighted by Gasteiger charge is 2.14. The Morgan fingerprint density at radius 2 is 2.12 bits per heavy atom. The molecule has 0 amide bonds. The standard InChI is InChI=1S/C11H20N2O2Si/c1-9-8-13(12-10(9)11(14)15)6-5-7-16(2,3)4/h8H,5-7H2,1-4H3,(H,14,15). The Morgan fingerprint density at radius 3 is 2.56 bits per heavy atom. The van der Waals surface area contributed by atoms with Gasteiger partial charge in [0.15, 0.2) is 5.69 Å². The van der Waals surface area contributed by atoms with Crippen LogP contribution in [0.4, 0.5) is 0 Å². The van der Waals surface area contributed by atoms with Gasteiger partial charge in [-0.15, -0.1) is 0 Å². The maximum Gasteiger partial charge on any atom is 0.356 e. The Kier molecular flexibility index (Phi) is 3.91. The molecule has 1 N–H and O–H groups in total. The fraction of sp³-hybridized carbons (Fsp3) is 0.636. The topological polar surface area (TPSA) is 55.1 Å². The molecule has 0 atom stereocenters. The van der Waals surface area contributed by atoms with E-state index in [4.69, 9.17) is 5.11 Å². The Morgan fingerprint density at radius 1 is 1.50 bits per heavy atom. The van der Waals surface area contributed by atoms with E-state index in [1.807, 2.05) is 6.20 Å². The van der Waals surface area contributed by atoms with Gasteiger partial charge in [0.2, 0.25) is 0 Å². The van der Waals surface area contributed by atoms with E-state index < -0.39 is 14.0 Å². The van der Waals surface area contributed by atoms with Crippen LogP contribution in [0.5, 0.6) is 0 Å². The molecule has 90 valence electrons. The number of rotatable bonds is 5. The van der Waals surface area contributed by atoms with Gasteiger partial charge < -0.3 is 5.11 Å². The van der Waals surface area contributed by atoms with Crippen molar-refractivity contribution in [2.24, 2.45) is 0 Å². The first kappa shape index (κ1) is 13.0. The van der Waals surface area contributed by atoms with Crippen LogP contribution >= 0.6 is 0 Å².